The van der Waals surface area contributed by atoms with Gasteiger partial charge in [0, 0.05) is 5.56 Å². The van der Waals surface area contributed by atoms with Gasteiger partial charge < -0.3 is 4.52 Å². The van der Waals surface area contributed by atoms with E-state index in [-0.39, 0.29) is 0 Å². The SMILES string of the molecule is CCCCCc1cnoc1. The van der Waals surface area contributed by atoms with E-state index in [0.29, 0.717) is 0 Å². The Hall–Kier alpha value is -0.790. The second-order valence-electron chi connectivity index (χ2n) is 2.49. The summed E-state index contributed by atoms with van der Waals surface area (Å²) < 4.78 is 4.70. The molecule has 0 unspecified atom stereocenters. The Morgan fingerprint density at radius 1 is 1.50 bits per heavy atom. The summed E-state index contributed by atoms with van der Waals surface area (Å²) in [4.78, 5) is 0. The van der Waals surface area contributed by atoms with Crippen LogP contribution >= 0.6 is 0 Å². The van der Waals surface area contributed by atoms with E-state index in [2.05, 4.69) is 12.1 Å². The zero-order valence-electron chi connectivity index (χ0n) is 6.34. The zero-order chi connectivity index (χ0) is 7.23. The monoisotopic (exact) mass is 139 g/mol. The summed E-state index contributed by atoms with van der Waals surface area (Å²) in [7, 11) is 0. The van der Waals surface area contributed by atoms with Crippen molar-refractivity contribution in [3.63, 3.8) is 0 Å². The molecule has 1 aromatic rings. The van der Waals surface area contributed by atoms with Gasteiger partial charge in [0.05, 0.1) is 6.20 Å². The third-order valence-corrected chi connectivity index (χ3v) is 1.55. The van der Waals surface area contributed by atoms with E-state index >= 15 is 0 Å². The highest BCUT2D eigenvalue weighted by Gasteiger charge is 1.93. The lowest BCUT2D eigenvalue weighted by molar-refractivity contribution is 0.418. The van der Waals surface area contributed by atoms with E-state index < -0.39 is 0 Å². The van der Waals surface area contributed by atoms with Crippen LogP contribution in [0.3, 0.4) is 0 Å². The van der Waals surface area contributed by atoms with E-state index in [0.717, 1.165) is 6.42 Å². The molecular weight excluding hydrogens is 126 g/mol. The van der Waals surface area contributed by atoms with Crippen LogP contribution in [-0.4, -0.2) is 5.16 Å². The molecule has 0 bridgehead atoms. The zero-order valence-corrected chi connectivity index (χ0v) is 6.34. The topological polar surface area (TPSA) is 26.0 Å². The van der Waals surface area contributed by atoms with Crippen molar-refractivity contribution in [2.45, 2.75) is 32.6 Å². The van der Waals surface area contributed by atoms with E-state index in [1.807, 2.05) is 0 Å². The Bertz CT molecular complexity index is 158. The van der Waals surface area contributed by atoms with Gasteiger partial charge >= 0.3 is 0 Å². The van der Waals surface area contributed by atoms with Crippen molar-refractivity contribution in [2.75, 3.05) is 0 Å². The fourth-order valence-electron chi connectivity index (χ4n) is 0.929. The number of nitrogens with zero attached hydrogens (tertiary/aromatic N) is 1. The molecule has 1 heterocycles. The highest BCUT2D eigenvalue weighted by molar-refractivity contribution is 4.99. The molecule has 2 heteroatoms. The number of aryl methyl sites for hydroxylation is 1. The van der Waals surface area contributed by atoms with Gasteiger partial charge in [-0.2, -0.15) is 0 Å². The molecule has 10 heavy (non-hydrogen) atoms. The minimum Gasteiger partial charge on any atom is -0.364 e. The predicted molar refractivity (Wildman–Crippen MR) is 39.7 cm³/mol. The van der Waals surface area contributed by atoms with Gasteiger partial charge in [0.25, 0.3) is 0 Å². The summed E-state index contributed by atoms with van der Waals surface area (Å²) in [6.45, 7) is 2.20. The van der Waals surface area contributed by atoms with Crippen molar-refractivity contribution in [3.05, 3.63) is 18.0 Å². The maximum absolute atomic E-state index is 4.70. The van der Waals surface area contributed by atoms with Crippen LogP contribution in [0.4, 0.5) is 0 Å². The minimum atomic E-state index is 1.11. The van der Waals surface area contributed by atoms with Crippen molar-refractivity contribution in [1.82, 2.24) is 5.16 Å². The fraction of sp³-hybridized carbons (Fsp3) is 0.625. The van der Waals surface area contributed by atoms with Gasteiger partial charge in [0.2, 0.25) is 0 Å². The van der Waals surface area contributed by atoms with Crippen molar-refractivity contribution in [3.8, 4) is 0 Å². The molecule has 0 atom stereocenters. The molecule has 1 rings (SSSR count). The molecule has 0 N–H and O–H groups in total. The number of hydrogen-bond donors (Lipinski definition) is 0. The van der Waals surface area contributed by atoms with Gasteiger partial charge in [-0.05, 0) is 12.8 Å². The van der Waals surface area contributed by atoms with Crippen LogP contribution in [0, 0.1) is 0 Å². The summed E-state index contributed by atoms with van der Waals surface area (Å²) in [5.74, 6) is 0. The van der Waals surface area contributed by atoms with E-state index in [4.69, 9.17) is 4.52 Å². The first kappa shape index (κ1) is 7.32. The Kier molecular flexibility index (Phi) is 3.00. The molecule has 0 spiro atoms. The van der Waals surface area contributed by atoms with Crippen LogP contribution in [0.25, 0.3) is 0 Å². The quantitative estimate of drug-likeness (QED) is 0.599. The molecule has 2 nitrogen and oxygen atoms in total. The van der Waals surface area contributed by atoms with Crippen molar-refractivity contribution in [2.24, 2.45) is 0 Å². The van der Waals surface area contributed by atoms with E-state index in [9.17, 15) is 0 Å². The third-order valence-electron chi connectivity index (χ3n) is 1.55. The maximum Gasteiger partial charge on any atom is 0.126 e. The molecule has 0 fully saturated rings. The average molecular weight is 139 g/mol. The number of unbranched alkanes of at least 4 members (excludes halogenated alkanes) is 2. The lowest BCUT2D eigenvalue weighted by atomic mass is 10.1. The summed E-state index contributed by atoms with van der Waals surface area (Å²) in [5, 5.41) is 3.63. The average Bonchev–Trinajstić information content (AvgIpc) is 2.41. The first-order chi connectivity index (χ1) is 4.93. The van der Waals surface area contributed by atoms with Crippen LogP contribution in [0.2, 0.25) is 0 Å². The van der Waals surface area contributed by atoms with Gasteiger partial charge in [-0.3, -0.25) is 0 Å². The van der Waals surface area contributed by atoms with Crippen LogP contribution in [-0.2, 0) is 6.42 Å². The molecule has 0 amide bonds. The first-order valence-electron chi connectivity index (χ1n) is 3.81. The Balaban J connectivity index is 2.15. The van der Waals surface area contributed by atoms with E-state index in [1.54, 1.807) is 12.5 Å². The molecule has 0 aliphatic carbocycles. The summed E-state index contributed by atoms with van der Waals surface area (Å²) >= 11 is 0. The van der Waals surface area contributed by atoms with Gasteiger partial charge in [-0.15, -0.1) is 0 Å². The highest BCUT2D eigenvalue weighted by atomic mass is 16.5. The van der Waals surface area contributed by atoms with Crippen molar-refractivity contribution in [1.29, 1.82) is 0 Å². The molecule has 0 aromatic carbocycles. The van der Waals surface area contributed by atoms with Crippen LogP contribution < -0.4 is 0 Å². The molecule has 0 aliphatic heterocycles. The summed E-state index contributed by atoms with van der Waals surface area (Å²) in [5.41, 5.74) is 1.22. The normalized spacial score (nSPS) is 10.1. The first-order valence-corrected chi connectivity index (χ1v) is 3.81. The Labute approximate surface area is 61.2 Å². The second kappa shape index (κ2) is 4.09. The van der Waals surface area contributed by atoms with Gasteiger partial charge in [0.15, 0.2) is 0 Å². The van der Waals surface area contributed by atoms with Crippen LogP contribution in [0.1, 0.15) is 31.7 Å². The maximum atomic E-state index is 4.70. The van der Waals surface area contributed by atoms with Gasteiger partial charge in [-0.25, -0.2) is 0 Å². The number of rotatable bonds is 4. The second-order valence-corrected chi connectivity index (χ2v) is 2.49. The number of aromatic nitrogens is 1. The summed E-state index contributed by atoms with van der Waals surface area (Å²) in [6.07, 6.45) is 8.43. The van der Waals surface area contributed by atoms with Crippen LogP contribution in [0.15, 0.2) is 17.0 Å². The molecule has 0 aliphatic rings. The Morgan fingerprint density at radius 3 is 3.00 bits per heavy atom. The largest absolute Gasteiger partial charge is 0.364 e. The molecule has 1 aromatic heterocycles. The van der Waals surface area contributed by atoms with Crippen molar-refractivity contribution < 1.29 is 4.52 Å². The molecule has 56 valence electrons. The summed E-state index contributed by atoms with van der Waals surface area (Å²) in [6, 6.07) is 0. The lowest BCUT2D eigenvalue weighted by Crippen LogP contribution is -1.80. The Morgan fingerprint density at radius 2 is 2.40 bits per heavy atom. The molecule has 0 saturated heterocycles. The van der Waals surface area contributed by atoms with Crippen molar-refractivity contribution >= 4 is 0 Å². The standard InChI is InChI=1S/C8H13NO/c1-2-3-4-5-8-6-9-10-7-8/h6-7H,2-5H2,1H3. The van der Waals surface area contributed by atoms with Gasteiger partial charge in [-0.1, -0.05) is 24.9 Å². The highest BCUT2D eigenvalue weighted by Crippen LogP contribution is 2.04. The lowest BCUT2D eigenvalue weighted by Gasteiger charge is -1.92. The van der Waals surface area contributed by atoms with Gasteiger partial charge in [0.1, 0.15) is 6.26 Å². The van der Waals surface area contributed by atoms with Crippen LogP contribution in [0.5, 0.6) is 0 Å². The molecular formula is C8H13NO. The fourth-order valence-corrected chi connectivity index (χ4v) is 0.929. The van der Waals surface area contributed by atoms with E-state index in [1.165, 1.54) is 24.8 Å². The molecule has 0 saturated carbocycles. The molecule has 0 radical (unpaired) electrons. The third kappa shape index (κ3) is 2.21. The number of hydrogen-bond acceptors (Lipinski definition) is 2. The predicted octanol–water partition coefficient (Wildman–Crippen LogP) is 2.41. The smallest absolute Gasteiger partial charge is 0.126 e. The minimum absolute atomic E-state index is 1.11.